The number of rotatable bonds is 3. The van der Waals surface area contributed by atoms with Crippen LogP contribution in [0, 0.1) is 19.8 Å². The van der Waals surface area contributed by atoms with Gasteiger partial charge in [0.1, 0.15) is 0 Å². The second-order valence-corrected chi connectivity index (χ2v) is 5.66. The lowest BCUT2D eigenvalue weighted by molar-refractivity contribution is 0.342. The third kappa shape index (κ3) is 2.86. The van der Waals surface area contributed by atoms with Crippen LogP contribution in [0.2, 0.25) is 0 Å². The fourth-order valence-corrected chi connectivity index (χ4v) is 2.60. The molecule has 1 saturated heterocycles. The maximum absolute atomic E-state index is 3.65. The van der Waals surface area contributed by atoms with E-state index in [-0.39, 0.29) is 0 Å². The van der Waals surface area contributed by atoms with Gasteiger partial charge in [0, 0.05) is 31.4 Å². The second kappa shape index (κ2) is 5.75. The number of piperazine rings is 1. The van der Waals surface area contributed by atoms with Gasteiger partial charge in [-0.2, -0.15) is 0 Å². The van der Waals surface area contributed by atoms with Crippen molar-refractivity contribution < 1.29 is 0 Å². The Kier molecular flexibility index (Phi) is 4.28. The van der Waals surface area contributed by atoms with E-state index >= 15 is 0 Å². The van der Waals surface area contributed by atoms with Gasteiger partial charge in [0.25, 0.3) is 0 Å². The Balaban J connectivity index is 2.10. The van der Waals surface area contributed by atoms with Gasteiger partial charge < -0.3 is 10.2 Å². The van der Waals surface area contributed by atoms with Gasteiger partial charge in [-0.25, -0.2) is 0 Å². The molecule has 0 aromatic heterocycles. The average Bonchev–Trinajstić information content (AvgIpc) is 2.41. The lowest BCUT2D eigenvalue weighted by Crippen LogP contribution is -2.53. The van der Waals surface area contributed by atoms with Crippen molar-refractivity contribution in [2.75, 3.05) is 24.5 Å². The Labute approximate surface area is 111 Å². The van der Waals surface area contributed by atoms with Crippen molar-refractivity contribution in [1.29, 1.82) is 0 Å². The van der Waals surface area contributed by atoms with E-state index in [0.29, 0.717) is 6.04 Å². The molecular formula is C16H26N2. The number of hydrogen-bond donors (Lipinski definition) is 1. The van der Waals surface area contributed by atoms with Crippen LogP contribution >= 0.6 is 0 Å². The molecule has 0 radical (unpaired) electrons. The Hall–Kier alpha value is -1.02. The van der Waals surface area contributed by atoms with Gasteiger partial charge in [0.05, 0.1) is 0 Å². The molecule has 0 amide bonds. The van der Waals surface area contributed by atoms with Crippen LogP contribution in [-0.2, 0) is 0 Å². The highest BCUT2D eigenvalue weighted by atomic mass is 15.2. The van der Waals surface area contributed by atoms with Crippen molar-refractivity contribution in [1.82, 2.24) is 5.32 Å². The Morgan fingerprint density at radius 3 is 2.78 bits per heavy atom. The van der Waals surface area contributed by atoms with Crippen molar-refractivity contribution in [3.8, 4) is 0 Å². The van der Waals surface area contributed by atoms with Gasteiger partial charge in [-0.3, -0.25) is 0 Å². The van der Waals surface area contributed by atoms with Crippen molar-refractivity contribution in [3.63, 3.8) is 0 Å². The van der Waals surface area contributed by atoms with E-state index in [1.54, 1.807) is 0 Å². The molecule has 0 saturated carbocycles. The molecule has 0 spiro atoms. The Morgan fingerprint density at radius 1 is 1.33 bits per heavy atom. The van der Waals surface area contributed by atoms with Crippen LogP contribution < -0.4 is 10.2 Å². The van der Waals surface area contributed by atoms with Gasteiger partial charge in [-0.1, -0.05) is 26.3 Å². The second-order valence-electron chi connectivity index (χ2n) is 5.66. The topological polar surface area (TPSA) is 15.3 Å². The summed E-state index contributed by atoms with van der Waals surface area (Å²) < 4.78 is 0. The van der Waals surface area contributed by atoms with Gasteiger partial charge >= 0.3 is 0 Å². The number of benzene rings is 1. The summed E-state index contributed by atoms with van der Waals surface area (Å²) in [6, 6.07) is 7.46. The normalized spacial score (nSPS) is 22.0. The summed E-state index contributed by atoms with van der Waals surface area (Å²) in [5, 5.41) is 3.65. The Bertz CT molecular complexity index is 400. The average molecular weight is 246 g/mol. The number of anilines is 1. The standard InChI is InChI=1S/C16H26N2/c1-5-12(2)16-11-18(9-8-17-16)15-7-6-13(3)14(4)10-15/h6-7,10,12,16-17H,5,8-9,11H2,1-4H3. The maximum atomic E-state index is 3.65. The van der Waals surface area contributed by atoms with E-state index in [0.717, 1.165) is 25.6 Å². The quantitative estimate of drug-likeness (QED) is 0.881. The lowest BCUT2D eigenvalue weighted by Gasteiger charge is -2.38. The zero-order valence-corrected chi connectivity index (χ0v) is 12.2. The van der Waals surface area contributed by atoms with Crippen LogP contribution in [-0.4, -0.2) is 25.7 Å². The first-order chi connectivity index (χ1) is 8.61. The number of nitrogens with zero attached hydrogens (tertiary/aromatic N) is 1. The summed E-state index contributed by atoms with van der Waals surface area (Å²) in [4.78, 5) is 2.53. The van der Waals surface area contributed by atoms with Crippen LogP contribution in [0.1, 0.15) is 31.4 Å². The minimum Gasteiger partial charge on any atom is -0.369 e. The number of hydrogen-bond acceptors (Lipinski definition) is 2. The highest BCUT2D eigenvalue weighted by Crippen LogP contribution is 2.22. The molecule has 0 aliphatic carbocycles. The van der Waals surface area contributed by atoms with Crippen LogP contribution in [0.4, 0.5) is 5.69 Å². The smallest absolute Gasteiger partial charge is 0.0370 e. The van der Waals surface area contributed by atoms with Crippen molar-refractivity contribution in [3.05, 3.63) is 29.3 Å². The predicted molar refractivity (Wildman–Crippen MR) is 79.4 cm³/mol. The zero-order valence-electron chi connectivity index (χ0n) is 12.2. The monoisotopic (exact) mass is 246 g/mol. The minimum absolute atomic E-state index is 0.630. The zero-order chi connectivity index (χ0) is 13.1. The summed E-state index contributed by atoms with van der Waals surface area (Å²) in [5.74, 6) is 0.749. The molecule has 1 N–H and O–H groups in total. The van der Waals surface area contributed by atoms with Gasteiger partial charge in [0.2, 0.25) is 0 Å². The third-order valence-electron chi connectivity index (χ3n) is 4.39. The fourth-order valence-electron chi connectivity index (χ4n) is 2.60. The van der Waals surface area contributed by atoms with Gasteiger partial charge in [0.15, 0.2) is 0 Å². The van der Waals surface area contributed by atoms with Crippen LogP contribution in [0.25, 0.3) is 0 Å². The summed E-state index contributed by atoms with van der Waals surface area (Å²) in [6.07, 6.45) is 1.25. The summed E-state index contributed by atoms with van der Waals surface area (Å²) in [7, 11) is 0. The minimum atomic E-state index is 0.630. The highest BCUT2D eigenvalue weighted by Gasteiger charge is 2.23. The van der Waals surface area contributed by atoms with Crippen molar-refractivity contribution in [2.45, 2.75) is 40.2 Å². The molecule has 1 aromatic rings. The van der Waals surface area contributed by atoms with E-state index in [4.69, 9.17) is 0 Å². The molecule has 2 heteroatoms. The molecule has 2 nitrogen and oxygen atoms in total. The first kappa shape index (κ1) is 13.4. The van der Waals surface area contributed by atoms with Crippen LogP contribution in [0.3, 0.4) is 0 Å². The molecular weight excluding hydrogens is 220 g/mol. The first-order valence-electron chi connectivity index (χ1n) is 7.17. The molecule has 18 heavy (non-hydrogen) atoms. The predicted octanol–water partition coefficient (Wildman–Crippen LogP) is 3.13. The third-order valence-corrected chi connectivity index (χ3v) is 4.39. The molecule has 0 bridgehead atoms. The van der Waals surface area contributed by atoms with E-state index in [9.17, 15) is 0 Å². The molecule has 1 heterocycles. The first-order valence-corrected chi connectivity index (χ1v) is 7.17. The van der Waals surface area contributed by atoms with E-state index in [1.165, 1.54) is 23.2 Å². The van der Waals surface area contributed by atoms with Crippen LogP contribution in [0.15, 0.2) is 18.2 Å². The van der Waals surface area contributed by atoms with Crippen molar-refractivity contribution >= 4 is 5.69 Å². The largest absolute Gasteiger partial charge is 0.369 e. The van der Waals surface area contributed by atoms with E-state index in [2.05, 4.69) is 56.1 Å². The molecule has 1 aliphatic rings. The summed E-state index contributed by atoms with van der Waals surface area (Å²) in [6.45, 7) is 12.4. The number of nitrogens with one attached hydrogen (secondary N) is 1. The van der Waals surface area contributed by atoms with Gasteiger partial charge in [-0.15, -0.1) is 0 Å². The molecule has 1 aliphatic heterocycles. The molecule has 100 valence electrons. The lowest BCUT2D eigenvalue weighted by atomic mass is 9.96. The molecule has 2 atom stereocenters. The maximum Gasteiger partial charge on any atom is 0.0370 e. The van der Waals surface area contributed by atoms with Crippen molar-refractivity contribution in [2.24, 2.45) is 5.92 Å². The molecule has 1 fully saturated rings. The number of aryl methyl sites for hydroxylation is 2. The molecule has 2 rings (SSSR count). The molecule has 2 unspecified atom stereocenters. The summed E-state index contributed by atoms with van der Waals surface area (Å²) in [5.41, 5.74) is 4.16. The SMILES string of the molecule is CCC(C)C1CN(c2ccc(C)c(C)c2)CCN1. The highest BCUT2D eigenvalue weighted by molar-refractivity contribution is 5.51. The fraction of sp³-hybridized carbons (Fsp3) is 0.625. The van der Waals surface area contributed by atoms with Crippen LogP contribution in [0.5, 0.6) is 0 Å². The Morgan fingerprint density at radius 2 is 2.11 bits per heavy atom. The van der Waals surface area contributed by atoms with E-state index < -0.39 is 0 Å². The molecule has 1 aromatic carbocycles. The van der Waals surface area contributed by atoms with Gasteiger partial charge in [-0.05, 0) is 43.0 Å². The summed E-state index contributed by atoms with van der Waals surface area (Å²) >= 11 is 0. The van der Waals surface area contributed by atoms with E-state index in [1.807, 2.05) is 0 Å².